The number of alkyl halides is 6. The minimum Gasteiger partial charge on any atom is -0.475 e. The van der Waals surface area contributed by atoms with Crippen molar-refractivity contribution < 1.29 is 60.5 Å². The fourth-order valence-electron chi connectivity index (χ4n) is 8.00. The summed E-state index contributed by atoms with van der Waals surface area (Å²) in [6, 6.07) is 17.1. The molecule has 2 saturated carbocycles. The molecule has 7 N–H and O–H groups in total. The number of aryl methyl sites for hydroxylation is 1. The number of carbonyl (C=O) groups excluding carboxylic acids is 3. The lowest BCUT2D eigenvalue weighted by molar-refractivity contribution is -0.192. The van der Waals surface area contributed by atoms with Gasteiger partial charge in [-0.05, 0) is 131 Å². The van der Waals surface area contributed by atoms with Crippen molar-refractivity contribution in [2.45, 2.75) is 95.2 Å². The molecule has 0 aliphatic heterocycles. The lowest BCUT2D eigenvalue weighted by Gasteiger charge is -2.33. The standard InChI is InChI=1S/C42H50F3N7O5.C2HF3O2/c1-24-20-29(38(54)47-30-13-16-32(17-14-30)52(2)3)12-18-33(24)27-8-4-25(5-9-27)21-36(49-37(53)28-10-6-26(7-11-28)23-46-41(56)57)39(55)48-31-15-19-34-35(22-31)51-40(50-34)42(43,44)45;3-2(4,5)1(6)7/h4-5,8-9,12,15,18-20,22,26,28,30,32,36,46H,6-7,10-11,13-14,16-17,21,23H2,1-3H3,(H,47,54)(H,48,55)(H,49,53)(H,50,51)(H,56,57);(H,6,7)/t26?,28?,30?,32?,36-;/m0./s1. The summed E-state index contributed by atoms with van der Waals surface area (Å²) in [7, 11) is 4.18. The first-order valence-electron chi connectivity index (χ1n) is 20.7. The summed E-state index contributed by atoms with van der Waals surface area (Å²) in [5.41, 5.74) is 4.57. The van der Waals surface area contributed by atoms with Gasteiger partial charge in [0.15, 0.2) is 0 Å². The molecule has 4 amide bonds. The average Bonchev–Trinajstić information content (AvgIpc) is 3.68. The van der Waals surface area contributed by atoms with E-state index in [9.17, 15) is 45.5 Å². The number of aromatic amines is 1. The summed E-state index contributed by atoms with van der Waals surface area (Å²) in [6.07, 6.45) is -4.31. The van der Waals surface area contributed by atoms with Gasteiger partial charge in [-0.3, -0.25) is 14.4 Å². The topological polar surface area (TPSA) is 206 Å². The third-order valence-corrected chi connectivity index (χ3v) is 11.6. The second-order valence-electron chi connectivity index (χ2n) is 16.4. The summed E-state index contributed by atoms with van der Waals surface area (Å²) in [5, 5.41) is 27.4. The molecule has 0 spiro atoms. The minimum absolute atomic E-state index is 0.0848. The van der Waals surface area contributed by atoms with Gasteiger partial charge in [-0.2, -0.15) is 26.3 Å². The van der Waals surface area contributed by atoms with Gasteiger partial charge in [0.2, 0.25) is 17.6 Å². The van der Waals surface area contributed by atoms with Crippen molar-refractivity contribution in [3.8, 4) is 11.1 Å². The summed E-state index contributed by atoms with van der Waals surface area (Å²) in [5.74, 6) is -5.07. The molecule has 0 radical (unpaired) electrons. The number of hydrogen-bond acceptors (Lipinski definition) is 7. The van der Waals surface area contributed by atoms with Crippen molar-refractivity contribution >= 4 is 46.5 Å². The lowest BCUT2D eigenvalue weighted by Crippen LogP contribution is -2.48. The van der Waals surface area contributed by atoms with Gasteiger partial charge in [-0.25, -0.2) is 14.6 Å². The molecule has 4 aromatic rings. The molecular weight excluding hydrogens is 853 g/mol. The highest BCUT2D eigenvalue weighted by atomic mass is 19.4. The van der Waals surface area contributed by atoms with Crippen LogP contribution in [0.2, 0.25) is 0 Å². The number of nitrogens with zero attached hydrogens (tertiary/aromatic N) is 2. The average molecular weight is 904 g/mol. The van der Waals surface area contributed by atoms with Gasteiger partial charge < -0.3 is 41.4 Å². The number of carboxylic acids is 1. The molecule has 1 aromatic heterocycles. The Hall–Kier alpha value is -6.18. The molecule has 20 heteroatoms. The monoisotopic (exact) mass is 903 g/mol. The van der Waals surface area contributed by atoms with Crippen LogP contribution in [0.4, 0.5) is 36.8 Å². The highest BCUT2D eigenvalue weighted by molar-refractivity contribution is 5.99. The smallest absolute Gasteiger partial charge is 0.475 e. The van der Waals surface area contributed by atoms with Crippen molar-refractivity contribution in [1.29, 1.82) is 0 Å². The van der Waals surface area contributed by atoms with Gasteiger partial charge in [0.05, 0.1) is 11.0 Å². The Balaban J connectivity index is 0.00000102. The zero-order valence-electron chi connectivity index (χ0n) is 35.3. The van der Waals surface area contributed by atoms with Crippen LogP contribution in [0.1, 0.15) is 78.7 Å². The van der Waals surface area contributed by atoms with Crippen molar-refractivity contribution in [3.63, 3.8) is 0 Å². The molecule has 0 saturated heterocycles. The number of H-pyrrole nitrogens is 1. The number of carboxylic acid groups (broad SMARTS) is 2. The van der Waals surface area contributed by atoms with Crippen LogP contribution in [0.25, 0.3) is 22.2 Å². The van der Waals surface area contributed by atoms with Crippen LogP contribution in [-0.4, -0.2) is 99.8 Å². The first-order valence-corrected chi connectivity index (χ1v) is 20.7. The summed E-state index contributed by atoms with van der Waals surface area (Å²) >= 11 is 0. The number of aliphatic carboxylic acids is 1. The van der Waals surface area contributed by atoms with E-state index in [0.29, 0.717) is 43.8 Å². The SMILES string of the molecule is Cc1cc(C(=O)NC2CCC(N(C)C)CC2)ccc1-c1ccc(C[C@H](NC(=O)C2CCC(CNC(=O)O)CC2)C(=O)Nc2ccc3nc(C(F)(F)F)[nH]c3c2)cc1.O=C(O)C(F)(F)F. The summed E-state index contributed by atoms with van der Waals surface area (Å²) in [4.78, 5) is 68.4. The van der Waals surface area contributed by atoms with Crippen LogP contribution in [-0.2, 0) is 27.0 Å². The number of anilines is 1. The first kappa shape index (κ1) is 48.8. The Kier molecular flexibility index (Phi) is 16.0. The number of aromatic nitrogens is 2. The summed E-state index contributed by atoms with van der Waals surface area (Å²) < 4.78 is 71.5. The zero-order valence-corrected chi connectivity index (χ0v) is 35.3. The van der Waals surface area contributed by atoms with Gasteiger partial charge in [-0.1, -0.05) is 30.3 Å². The molecule has 14 nitrogen and oxygen atoms in total. The first-order chi connectivity index (χ1) is 30.1. The Labute approximate surface area is 364 Å². The number of amides is 4. The highest BCUT2D eigenvalue weighted by Crippen LogP contribution is 2.31. The Morgan fingerprint density at radius 1 is 0.844 bits per heavy atom. The van der Waals surface area contributed by atoms with Gasteiger partial charge in [0, 0.05) is 42.2 Å². The predicted octanol–water partition coefficient (Wildman–Crippen LogP) is 7.53. The Morgan fingerprint density at radius 2 is 1.48 bits per heavy atom. The predicted molar refractivity (Wildman–Crippen MR) is 224 cm³/mol. The van der Waals surface area contributed by atoms with E-state index in [0.717, 1.165) is 47.9 Å². The minimum atomic E-state index is -5.08. The number of nitrogens with one attached hydrogen (secondary N) is 5. The van der Waals surface area contributed by atoms with Crippen LogP contribution < -0.4 is 21.3 Å². The van der Waals surface area contributed by atoms with E-state index >= 15 is 0 Å². The largest absolute Gasteiger partial charge is 0.490 e. The number of fused-ring (bicyclic) bond motifs is 1. The summed E-state index contributed by atoms with van der Waals surface area (Å²) in [6.45, 7) is 2.27. The quantitative estimate of drug-likeness (QED) is 0.0701. The molecule has 3 aromatic carbocycles. The van der Waals surface area contributed by atoms with Gasteiger partial charge in [-0.15, -0.1) is 0 Å². The second kappa shape index (κ2) is 21.0. The third kappa shape index (κ3) is 13.7. The Morgan fingerprint density at radius 3 is 2.05 bits per heavy atom. The van der Waals surface area contributed by atoms with Crippen LogP contribution in [0.5, 0.6) is 0 Å². The molecule has 2 fully saturated rings. The normalized spacial score (nSPS) is 19.5. The zero-order chi connectivity index (χ0) is 46.9. The Bertz CT molecular complexity index is 2280. The molecule has 0 unspecified atom stereocenters. The molecular formula is C44H51F6N7O7. The fraction of sp³-hybridized carbons (Fsp3) is 0.455. The highest BCUT2D eigenvalue weighted by Gasteiger charge is 2.38. The number of rotatable bonds is 12. The molecule has 6 rings (SSSR count). The maximum atomic E-state index is 13.8. The molecule has 2 aliphatic rings. The van der Waals surface area contributed by atoms with E-state index in [1.54, 1.807) is 0 Å². The van der Waals surface area contributed by atoms with Crippen molar-refractivity contribution in [2.24, 2.45) is 11.8 Å². The molecule has 64 heavy (non-hydrogen) atoms. The lowest BCUT2D eigenvalue weighted by atomic mass is 9.81. The number of halogens is 6. The number of benzene rings is 3. The molecule has 1 heterocycles. The van der Waals surface area contributed by atoms with Crippen LogP contribution in [0, 0.1) is 18.8 Å². The van der Waals surface area contributed by atoms with Gasteiger partial charge in [0.1, 0.15) is 6.04 Å². The maximum absolute atomic E-state index is 13.8. The molecule has 1 atom stereocenters. The third-order valence-electron chi connectivity index (χ3n) is 11.6. The maximum Gasteiger partial charge on any atom is 0.490 e. The van der Waals surface area contributed by atoms with E-state index in [1.165, 1.54) is 18.2 Å². The van der Waals surface area contributed by atoms with Crippen LogP contribution in [0.15, 0.2) is 60.7 Å². The van der Waals surface area contributed by atoms with Gasteiger partial charge in [0.25, 0.3) is 5.91 Å². The number of imidazole rings is 1. The van der Waals surface area contributed by atoms with E-state index in [-0.39, 0.29) is 52.8 Å². The molecule has 2 aliphatic carbocycles. The van der Waals surface area contributed by atoms with E-state index in [1.807, 2.05) is 49.4 Å². The fourth-order valence-corrected chi connectivity index (χ4v) is 8.00. The second-order valence-corrected chi connectivity index (χ2v) is 16.4. The molecule has 0 bridgehead atoms. The number of hydrogen-bond donors (Lipinski definition) is 7. The van der Waals surface area contributed by atoms with Crippen molar-refractivity contribution in [2.75, 3.05) is 26.0 Å². The van der Waals surface area contributed by atoms with E-state index in [2.05, 4.69) is 50.2 Å². The van der Waals surface area contributed by atoms with Crippen molar-refractivity contribution in [3.05, 3.63) is 83.2 Å². The van der Waals surface area contributed by atoms with Gasteiger partial charge >= 0.3 is 24.4 Å². The molecule has 346 valence electrons. The number of carbonyl (C=O) groups is 5. The van der Waals surface area contributed by atoms with Crippen molar-refractivity contribution in [1.82, 2.24) is 30.8 Å². The van der Waals surface area contributed by atoms with E-state index < -0.39 is 42.2 Å². The van der Waals surface area contributed by atoms with Crippen LogP contribution in [0.3, 0.4) is 0 Å². The van der Waals surface area contributed by atoms with E-state index in [4.69, 9.17) is 15.0 Å². The van der Waals surface area contributed by atoms with Crippen LogP contribution >= 0.6 is 0 Å².